The summed E-state index contributed by atoms with van der Waals surface area (Å²) in [6.45, 7) is 6.35. The first-order valence-corrected chi connectivity index (χ1v) is 26.9. The molecule has 0 aliphatic rings. The van der Waals surface area contributed by atoms with Gasteiger partial charge in [-0.3, -0.25) is 9.59 Å². The average molecular weight is 870 g/mol. The molecule has 362 valence electrons. The van der Waals surface area contributed by atoms with E-state index in [2.05, 4.69) is 50.4 Å². The highest BCUT2D eigenvalue weighted by atomic mass is 16.5. The number of unbranched alkanes of at least 4 members (excludes halogenated alkanes) is 31. The van der Waals surface area contributed by atoms with Gasteiger partial charge in [-0.25, -0.2) is 0 Å². The van der Waals surface area contributed by atoms with Crippen LogP contribution in [0.3, 0.4) is 0 Å². The minimum absolute atomic E-state index is 0.0539. The van der Waals surface area contributed by atoms with E-state index in [1.165, 1.54) is 154 Å². The van der Waals surface area contributed by atoms with Gasteiger partial charge in [-0.1, -0.05) is 262 Å². The van der Waals surface area contributed by atoms with Crippen molar-refractivity contribution in [3.05, 3.63) is 48.6 Å². The van der Waals surface area contributed by atoms with Crippen molar-refractivity contribution < 1.29 is 24.5 Å². The summed E-state index contributed by atoms with van der Waals surface area (Å²) in [5, 5.41) is 23.8. The summed E-state index contributed by atoms with van der Waals surface area (Å²) in [7, 11) is 0. The minimum Gasteiger partial charge on any atom is -0.462 e. The van der Waals surface area contributed by atoms with E-state index < -0.39 is 18.2 Å². The molecule has 0 aromatic carbocycles. The molecule has 0 radical (unpaired) electrons. The van der Waals surface area contributed by atoms with Gasteiger partial charge in [0.1, 0.15) is 6.10 Å². The van der Waals surface area contributed by atoms with Crippen molar-refractivity contribution in [1.82, 2.24) is 5.32 Å². The molecular formula is C56H103NO5. The number of rotatable bonds is 48. The van der Waals surface area contributed by atoms with Crippen LogP contribution < -0.4 is 5.32 Å². The maximum atomic E-state index is 13.2. The topological polar surface area (TPSA) is 95.9 Å². The van der Waals surface area contributed by atoms with Gasteiger partial charge in [0.25, 0.3) is 0 Å². The lowest BCUT2D eigenvalue weighted by atomic mass is 10.0. The molecule has 3 N–H and O–H groups in total. The molecule has 6 nitrogen and oxygen atoms in total. The van der Waals surface area contributed by atoms with Gasteiger partial charge >= 0.3 is 5.97 Å². The highest BCUT2D eigenvalue weighted by Crippen LogP contribution is 2.18. The summed E-state index contributed by atoms with van der Waals surface area (Å²) in [6, 6.07) is -0.713. The normalized spacial score (nSPS) is 13.6. The summed E-state index contributed by atoms with van der Waals surface area (Å²) in [5.41, 5.74) is 0. The number of allylic oxidation sites excluding steroid dienone is 8. The molecule has 0 spiro atoms. The van der Waals surface area contributed by atoms with E-state index in [0.717, 1.165) is 70.6 Å². The Morgan fingerprint density at radius 1 is 0.484 bits per heavy atom. The Balaban J connectivity index is 4.54. The number of esters is 1. The molecule has 0 saturated heterocycles. The molecule has 6 heteroatoms. The van der Waals surface area contributed by atoms with Crippen LogP contribution in [-0.4, -0.2) is 46.9 Å². The molecule has 0 saturated carbocycles. The number of hydrogen-bond donors (Lipinski definition) is 3. The number of amides is 1. The molecule has 3 unspecified atom stereocenters. The van der Waals surface area contributed by atoms with Gasteiger partial charge < -0.3 is 20.3 Å². The average Bonchev–Trinajstić information content (AvgIpc) is 3.26. The Morgan fingerprint density at radius 2 is 0.871 bits per heavy atom. The van der Waals surface area contributed by atoms with Crippen molar-refractivity contribution in [2.24, 2.45) is 0 Å². The molecule has 0 rings (SSSR count). The van der Waals surface area contributed by atoms with E-state index in [1.807, 2.05) is 24.3 Å². The number of aliphatic hydroxyl groups is 2. The summed E-state index contributed by atoms with van der Waals surface area (Å²) in [5.74, 6) is -0.504. The molecule has 0 aliphatic heterocycles. The Kier molecular flexibility index (Phi) is 48.1. The van der Waals surface area contributed by atoms with Crippen LogP contribution in [0.2, 0.25) is 0 Å². The fourth-order valence-corrected chi connectivity index (χ4v) is 8.21. The summed E-state index contributed by atoms with van der Waals surface area (Å²) in [6.07, 6.45) is 60.3. The molecule has 0 aliphatic carbocycles. The quantitative estimate of drug-likeness (QED) is 0.0322. The maximum Gasteiger partial charge on any atom is 0.306 e. The molecule has 3 atom stereocenters. The minimum atomic E-state index is -0.798. The van der Waals surface area contributed by atoms with Gasteiger partial charge in [0.2, 0.25) is 5.91 Å². The van der Waals surface area contributed by atoms with E-state index in [-0.39, 0.29) is 24.9 Å². The lowest BCUT2D eigenvalue weighted by Crippen LogP contribution is -2.46. The monoisotopic (exact) mass is 870 g/mol. The summed E-state index contributed by atoms with van der Waals surface area (Å²) < 4.78 is 5.92. The van der Waals surface area contributed by atoms with Crippen LogP contribution in [0.15, 0.2) is 48.6 Å². The molecule has 0 aromatic rings. The zero-order valence-corrected chi connectivity index (χ0v) is 41.3. The van der Waals surface area contributed by atoms with Gasteiger partial charge in [0.05, 0.1) is 25.2 Å². The molecular weight excluding hydrogens is 767 g/mol. The van der Waals surface area contributed by atoms with Crippen LogP contribution in [0, 0.1) is 0 Å². The van der Waals surface area contributed by atoms with Crippen molar-refractivity contribution >= 4 is 11.9 Å². The second-order valence-corrected chi connectivity index (χ2v) is 18.4. The van der Waals surface area contributed by atoms with Crippen molar-refractivity contribution in [1.29, 1.82) is 0 Å². The van der Waals surface area contributed by atoms with E-state index in [0.29, 0.717) is 19.3 Å². The van der Waals surface area contributed by atoms with Crippen LogP contribution in [0.5, 0.6) is 0 Å². The predicted molar refractivity (Wildman–Crippen MR) is 269 cm³/mol. The Bertz CT molecular complexity index is 1070. The van der Waals surface area contributed by atoms with E-state index in [1.54, 1.807) is 0 Å². The second-order valence-electron chi connectivity index (χ2n) is 18.4. The van der Waals surface area contributed by atoms with Crippen molar-refractivity contribution in [3.8, 4) is 0 Å². The van der Waals surface area contributed by atoms with Crippen LogP contribution in [0.25, 0.3) is 0 Å². The zero-order chi connectivity index (χ0) is 45.2. The number of nitrogens with one attached hydrogen (secondary N) is 1. The van der Waals surface area contributed by atoms with Crippen molar-refractivity contribution in [2.45, 2.75) is 289 Å². The van der Waals surface area contributed by atoms with E-state index in [9.17, 15) is 19.8 Å². The largest absolute Gasteiger partial charge is 0.462 e. The lowest BCUT2D eigenvalue weighted by molar-refractivity contribution is -0.151. The van der Waals surface area contributed by atoms with Gasteiger partial charge in [0.15, 0.2) is 0 Å². The number of ether oxygens (including phenoxy) is 1. The van der Waals surface area contributed by atoms with Gasteiger partial charge in [-0.15, -0.1) is 0 Å². The molecule has 1 amide bonds. The summed E-state index contributed by atoms with van der Waals surface area (Å²) >= 11 is 0. The Labute approximate surface area is 385 Å². The number of aliphatic hydroxyl groups excluding tert-OH is 2. The van der Waals surface area contributed by atoms with Crippen LogP contribution in [0.1, 0.15) is 271 Å². The first-order chi connectivity index (χ1) is 30.5. The first-order valence-electron chi connectivity index (χ1n) is 26.9. The second kappa shape index (κ2) is 49.8. The third-order valence-electron chi connectivity index (χ3n) is 12.3. The Morgan fingerprint density at radius 3 is 1.32 bits per heavy atom. The SMILES string of the molecule is CC/C=C/C=C/C=C/C=C\CCCCCC(CC(=O)NC(CO)C(O)CCCCCCCCCCCCCCCCCCC)OC(=O)CCCCCCCCCCCCCCC. The summed E-state index contributed by atoms with van der Waals surface area (Å²) in [4.78, 5) is 26.1. The van der Waals surface area contributed by atoms with Gasteiger partial charge in [-0.2, -0.15) is 0 Å². The molecule has 0 fully saturated rings. The van der Waals surface area contributed by atoms with Crippen molar-refractivity contribution in [2.75, 3.05) is 6.61 Å². The van der Waals surface area contributed by atoms with Crippen molar-refractivity contribution in [3.63, 3.8) is 0 Å². The number of hydrogen-bond acceptors (Lipinski definition) is 5. The third-order valence-corrected chi connectivity index (χ3v) is 12.3. The smallest absolute Gasteiger partial charge is 0.306 e. The first kappa shape index (κ1) is 59.8. The molecule has 0 heterocycles. The van der Waals surface area contributed by atoms with Crippen LogP contribution in [-0.2, 0) is 14.3 Å². The standard InChI is InChI=1S/C56H103NO5/c1-4-7-10-13-16-19-22-25-26-27-28-31-33-36-39-42-45-48-54(59)53(51-58)57-55(60)50-52(47-44-41-38-35-32-29-23-20-17-14-11-8-5-2)62-56(61)49-46-43-40-37-34-30-24-21-18-15-12-9-6-3/h8,11,14,17,20,23,29,32,52-54,58-59H,4-7,9-10,12-13,15-16,18-19,21-22,24-28,30-31,33-51H2,1-3H3,(H,57,60)/b11-8+,17-14+,23-20+,32-29-. The fourth-order valence-electron chi connectivity index (χ4n) is 8.21. The highest BCUT2D eigenvalue weighted by Gasteiger charge is 2.24. The lowest BCUT2D eigenvalue weighted by Gasteiger charge is -2.24. The third kappa shape index (κ3) is 44.4. The zero-order valence-electron chi connectivity index (χ0n) is 41.3. The molecule has 0 aromatic heterocycles. The van der Waals surface area contributed by atoms with E-state index in [4.69, 9.17) is 4.74 Å². The van der Waals surface area contributed by atoms with E-state index >= 15 is 0 Å². The highest BCUT2D eigenvalue weighted by molar-refractivity contribution is 5.77. The predicted octanol–water partition coefficient (Wildman–Crippen LogP) is 16.2. The number of carbonyl (C=O) groups excluding carboxylic acids is 2. The molecule has 62 heavy (non-hydrogen) atoms. The van der Waals surface area contributed by atoms with Crippen LogP contribution >= 0.6 is 0 Å². The maximum absolute atomic E-state index is 13.2. The fraction of sp³-hybridized carbons (Fsp3) is 0.821. The molecule has 0 bridgehead atoms. The number of carbonyl (C=O) groups is 2. The van der Waals surface area contributed by atoms with Crippen LogP contribution in [0.4, 0.5) is 0 Å². The van der Waals surface area contributed by atoms with Gasteiger partial charge in [-0.05, 0) is 44.9 Å². The Hall–Kier alpha value is -2.18. The van der Waals surface area contributed by atoms with Gasteiger partial charge in [0, 0.05) is 6.42 Å².